The minimum atomic E-state index is -3.60. The largest absolute Gasteiger partial charge is 0.370 e. The highest BCUT2D eigenvalue weighted by Crippen LogP contribution is 2.30. The van der Waals surface area contributed by atoms with E-state index in [0.717, 1.165) is 42.7 Å². The van der Waals surface area contributed by atoms with E-state index < -0.39 is 10.0 Å². The van der Waals surface area contributed by atoms with Gasteiger partial charge < -0.3 is 4.90 Å². The highest BCUT2D eigenvalue weighted by atomic mass is 32.2. The molecule has 5 heteroatoms. The number of nitrogens with zero attached hydrogens (tertiary/aromatic N) is 1. The van der Waals surface area contributed by atoms with Crippen LogP contribution >= 0.6 is 0 Å². The Labute approximate surface area is 144 Å². The number of benzene rings is 2. The normalized spacial score (nSPS) is 15.3. The molecule has 0 unspecified atom stereocenters. The van der Waals surface area contributed by atoms with Crippen molar-refractivity contribution in [1.29, 1.82) is 0 Å². The number of hydrogen-bond acceptors (Lipinski definition) is 3. The van der Waals surface area contributed by atoms with E-state index in [1.165, 1.54) is 6.42 Å². The fourth-order valence-corrected chi connectivity index (χ4v) is 4.57. The zero-order chi connectivity index (χ0) is 17.2. The fourth-order valence-electron chi connectivity index (χ4n) is 3.17. The molecule has 128 valence electrons. The summed E-state index contributed by atoms with van der Waals surface area (Å²) in [4.78, 5) is 2.61. The first-order valence-corrected chi connectivity index (χ1v) is 9.90. The molecule has 4 nitrogen and oxygen atoms in total. The molecule has 2 aromatic carbocycles. The first kappa shape index (κ1) is 16.8. The lowest BCUT2D eigenvalue weighted by molar-refractivity contribution is 0.578. The number of hydrogen-bond donors (Lipinski definition) is 1. The molecular formula is C19H24N2O2S. The molecule has 24 heavy (non-hydrogen) atoms. The van der Waals surface area contributed by atoms with Gasteiger partial charge in [-0.25, -0.2) is 8.42 Å². The van der Waals surface area contributed by atoms with Crippen molar-refractivity contribution in [3.05, 3.63) is 53.6 Å². The minimum absolute atomic E-state index is 0.343. The molecule has 1 aliphatic heterocycles. The van der Waals surface area contributed by atoms with Crippen LogP contribution in [0.2, 0.25) is 0 Å². The van der Waals surface area contributed by atoms with Gasteiger partial charge >= 0.3 is 0 Å². The maximum atomic E-state index is 12.9. The number of piperidine rings is 1. The van der Waals surface area contributed by atoms with E-state index in [4.69, 9.17) is 0 Å². The van der Waals surface area contributed by atoms with Crippen LogP contribution in [0.15, 0.2) is 47.4 Å². The number of anilines is 2. The van der Waals surface area contributed by atoms with Crippen molar-refractivity contribution in [1.82, 2.24) is 0 Å². The van der Waals surface area contributed by atoms with Gasteiger partial charge in [0, 0.05) is 13.1 Å². The standard InChI is InChI=1S/C19H24N2O2S/c1-15-10-11-16(2)19(14-15)24(22,23)20-17-8-4-5-9-18(17)21-12-6-3-7-13-21/h4-5,8-11,14,20H,3,6-7,12-13H2,1-2H3. The molecule has 0 amide bonds. The summed E-state index contributed by atoms with van der Waals surface area (Å²) in [7, 11) is -3.60. The Morgan fingerprint density at radius 2 is 1.67 bits per heavy atom. The summed E-state index contributed by atoms with van der Waals surface area (Å²) in [5, 5.41) is 0. The van der Waals surface area contributed by atoms with E-state index in [2.05, 4.69) is 9.62 Å². The molecule has 2 aromatic rings. The average Bonchev–Trinajstić information content (AvgIpc) is 2.58. The van der Waals surface area contributed by atoms with Crippen molar-refractivity contribution >= 4 is 21.4 Å². The smallest absolute Gasteiger partial charge is 0.262 e. The van der Waals surface area contributed by atoms with Crippen molar-refractivity contribution in [2.75, 3.05) is 22.7 Å². The molecule has 0 atom stereocenters. The number of nitrogens with one attached hydrogen (secondary N) is 1. The predicted molar refractivity (Wildman–Crippen MR) is 99.2 cm³/mol. The van der Waals surface area contributed by atoms with Crippen molar-refractivity contribution in [2.24, 2.45) is 0 Å². The van der Waals surface area contributed by atoms with E-state index >= 15 is 0 Å². The Morgan fingerprint density at radius 1 is 0.958 bits per heavy atom. The van der Waals surface area contributed by atoms with Crippen LogP contribution in [0.4, 0.5) is 11.4 Å². The maximum absolute atomic E-state index is 12.9. The van der Waals surface area contributed by atoms with E-state index in [0.29, 0.717) is 10.6 Å². The third-order valence-corrected chi connectivity index (χ3v) is 5.99. The van der Waals surface area contributed by atoms with E-state index in [-0.39, 0.29) is 0 Å². The Bertz CT molecular complexity index is 825. The van der Waals surface area contributed by atoms with Crippen LogP contribution in [-0.2, 0) is 10.0 Å². The zero-order valence-corrected chi connectivity index (χ0v) is 15.1. The number of rotatable bonds is 4. The van der Waals surface area contributed by atoms with Crippen LogP contribution in [0.3, 0.4) is 0 Å². The summed E-state index contributed by atoms with van der Waals surface area (Å²) in [5.41, 5.74) is 3.31. The third kappa shape index (κ3) is 3.56. The topological polar surface area (TPSA) is 49.4 Å². The van der Waals surface area contributed by atoms with Gasteiger partial charge in [0.25, 0.3) is 10.0 Å². The number of sulfonamides is 1. The SMILES string of the molecule is Cc1ccc(C)c(S(=O)(=O)Nc2ccccc2N2CCCCC2)c1. The molecule has 1 N–H and O–H groups in total. The second-order valence-electron chi connectivity index (χ2n) is 6.44. The van der Waals surface area contributed by atoms with Crippen molar-refractivity contribution in [3.8, 4) is 0 Å². The van der Waals surface area contributed by atoms with Crippen LogP contribution < -0.4 is 9.62 Å². The average molecular weight is 344 g/mol. The summed E-state index contributed by atoms with van der Waals surface area (Å²) in [6, 6.07) is 13.2. The Morgan fingerprint density at radius 3 is 2.42 bits per heavy atom. The number of para-hydroxylation sites is 2. The van der Waals surface area contributed by atoms with Crippen LogP contribution in [0, 0.1) is 13.8 Å². The molecule has 1 aliphatic rings. The second-order valence-corrected chi connectivity index (χ2v) is 8.09. The first-order chi connectivity index (χ1) is 11.5. The molecule has 1 heterocycles. The zero-order valence-electron chi connectivity index (χ0n) is 14.2. The molecular weight excluding hydrogens is 320 g/mol. The highest BCUT2D eigenvalue weighted by Gasteiger charge is 2.21. The van der Waals surface area contributed by atoms with Crippen LogP contribution in [0.25, 0.3) is 0 Å². The Kier molecular flexibility index (Phi) is 4.81. The minimum Gasteiger partial charge on any atom is -0.370 e. The van der Waals surface area contributed by atoms with Gasteiger partial charge in [-0.3, -0.25) is 4.72 Å². The summed E-state index contributed by atoms with van der Waals surface area (Å²) in [6.45, 7) is 5.68. The molecule has 1 saturated heterocycles. The summed E-state index contributed by atoms with van der Waals surface area (Å²) >= 11 is 0. The second kappa shape index (κ2) is 6.85. The Balaban J connectivity index is 1.94. The fraction of sp³-hybridized carbons (Fsp3) is 0.368. The van der Waals surface area contributed by atoms with Gasteiger partial charge in [-0.2, -0.15) is 0 Å². The molecule has 0 saturated carbocycles. The van der Waals surface area contributed by atoms with Crippen LogP contribution in [0.1, 0.15) is 30.4 Å². The van der Waals surface area contributed by atoms with E-state index in [1.807, 2.05) is 50.2 Å². The lowest BCUT2D eigenvalue weighted by atomic mass is 10.1. The molecule has 0 aliphatic carbocycles. The number of aryl methyl sites for hydroxylation is 2. The van der Waals surface area contributed by atoms with Gasteiger partial charge in [-0.05, 0) is 62.4 Å². The van der Waals surface area contributed by atoms with Gasteiger partial charge in [0.1, 0.15) is 0 Å². The van der Waals surface area contributed by atoms with Gasteiger partial charge in [-0.15, -0.1) is 0 Å². The molecule has 0 aromatic heterocycles. The molecule has 1 fully saturated rings. The predicted octanol–water partition coefficient (Wildman–Crippen LogP) is 4.09. The summed E-state index contributed by atoms with van der Waals surface area (Å²) in [5.74, 6) is 0. The van der Waals surface area contributed by atoms with E-state index in [9.17, 15) is 8.42 Å². The summed E-state index contributed by atoms with van der Waals surface area (Å²) < 4.78 is 28.6. The quantitative estimate of drug-likeness (QED) is 0.908. The van der Waals surface area contributed by atoms with Gasteiger partial charge in [0.05, 0.1) is 16.3 Å². The van der Waals surface area contributed by atoms with Gasteiger partial charge in [0.2, 0.25) is 0 Å². The van der Waals surface area contributed by atoms with Crippen molar-refractivity contribution in [3.63, 3.8) is 0 Å². The lowest BCUT2D eigenvalue weighted by Crippen LogP contribution is -2.30. The summed E-state index contributed by atoms with van der Waals surface area (Å²) in [6.07, 6.45) is 3.54. The molecule has 3 rings (SSSR count). The maximum Gasteiger partial charge on any atom is 0.262 e. The van der Waals surface area contributed by atoms with Crippen LogP contribution in [0.5, 0.6) is 0 Å². The van der Waals surface area contributed by atoms with Gasteiger partial charge in [-0.1, -0.05) is 24.3 Å². The lowest BCUT2D eigenvalue weighted by Gasteiger charge is -2.30. The highest BCUT2D eigenvalue weighted by molar-refractivity contribution is 7.92. The molecule has 0 bridgehead atoms. The monoisotopic (exact) mass is 344 g/mol. The van der Waals surface area contributed by atoms with Crippen molar-refractivity contribution in [2.45, 2.75) is 38.0 Å². The van der Waals surface area contributed by atoms with Crippen molar-refractivity contribution < 1.29 is 8.42 Å². The molecule has 0 radical (unpaired) electrons. The van der Waals surface area contributed by atoms with Gasteiger partial charge in [0.15, 0.2) is 0 Å². The van der Waals surface area contributed by atoms with E-state index in [1.54, 1.807) is 6.07 Å². The third-order valence-electron chi connectivity index (χ3n) is 4.48. The van der Waals surface area contributed by atoms with Crippen LogP contribution in [-0.4, -0.2) is 21.5 Å². The molecule has 0 spiro atoms. The first-order valence-electron chi connectivity index (χ1n) is 8.41. The Hall–Kier alpha value is -2.01.